The summed E-state index contributed by atoms with van der Waals surface area (Å²) < 4.78 is 19.2. The van der Waals surface area contributed by atoms with Crippen LogP contribution in [0.5, 0.6) is 5.75 Å². The molecule has 31 heavy (non-hydrogen) atoms. The van der Waals surface area contributed by atoms with Gasteiger partial charge >= 0.3 is 0 Å². The van der Waals surface area contributed by atoms with Crippen LogP contribution in [-0.4, -0.2) is 41.9 Å². The van der Waals surface area contributed by atoms with Gasteiger partial charge in [-0.2, -0.15) is 0 Å². The van der Waals surface area contributed by atoms with E-state index in [0.29, 0.717) is 26.2 Å². The van der Waals surface area contributed by atoms with Crippen molar-refractivity contribution in [1.82, 2.24) is 9.80 Å². The van der Waals surface area contributed by atoms with Gasteiger partial charge in [0.05, 0.1) is 4.88 Å². The summed E-state index contributed by atoms with van der Waals surface area (Å²) in [7, 11) is 0. The van der Waals surface area contributed by atoms with Crippen LogP contribution in [0.4, 0.5) is 4.39 Å². The fraction of sp³-hybridized carbons (Fsp3) is 0.320. The van der Waals surface area contributed by atoms with Crippen LogP contribution in [0.2, 0.25) is 0 Å². The Morgan fingerprint density at radius 2 is 1.77 bits per heavy atom. The maximum Gasteiger partial charge on any atom is 0.264 e. The van der Waals surface area contributed by atoms with Crippen LogP contribution in [0.3, 0.4) is 0 Å². The zero-order valence-corrected chi connectivity index (χ0v) is 18.5. The molecule has 2 aromatic carbocycles. The van der Waals surface area contributed by atoms with Gasteiger partial charge < -0.3 is 9.64 Å². The van der Waals surface area contributed by atoms with Gasteiger partial charge in [-0.3, -0.25) is 9.69 Å². The molecule has 1 aliphatic heterocycles. The maximum atomic E-state index is 13.4. The number of carbonyl (C=O) groups is 1. The topological polar surface area (TPSA) is 32.8 Å². The van der Waals surface area contributed by atoms with Gasteiger partial charge in [0, 0.05) is 38.3 Å². The van der Waals surface area contributed by atoms with Crippen molar-refractivity contribution in [1.29, 1.82) is 0 Å². The van der Waals surface area contributed by atoms with Crippen molar-refractivity contribution in [2.24, 2.45) is 0 Å². The van der Waals surface area contributed by atoms with E-state index in [-0.39, 0.29) is 11.7 Å². The first kappa shape index (κ1) is 21.5. The predicted molar refractivity (Wildman–Crippen MR) is 122 cm³/mol. The minimum atomic E-state index is -0.207. The van der Waals surface area contributed by atoms with Crippen LogP contribution in [0.1, 0.15) is 33.3 Å². The first-order chi connectivity index (χ1) is 15.1. The number of amides is 1. The quantitative estimate of drug-likeness (QED) is 0.521. The number of nitrogens with zero attached hydrogens (tertiary/aromatic N) is 2. The average molecular weight is 439 g/mol. The van der Waals surface area contributed by atoms with Crippen LogP contribution in [0.15, 0.2) is 60.0 Å². The predicted octanol–water partition coefficient (Wildman–Crippen LogP) is 4.99. The van der Waals surface area contributed by atoms with Crippen molar-refractivity contribution in [3.63, 3.8) is 0 Å². The molecule has 3 aromatic rings. The molecule has 0 aliphatic carbocycles. The SMILES string of the molecule is CCc1ccc(OCc2csc(C(=O)N3CCN(Cc4cccc(F)c4)CC3)c2)cc1. The Morgan fingerprint density at radius 1 is 1.00 bits per heavy atom. The van der Waals surface area contributed by atoms with Crippen LogP contribution >= 0.6 is 11.3 Å². The second kappa shape index (κ2) is 10.1. The third kappa shape index (κ3) is 5.71. The van der Waals surface area contributed by atoms with Crippen LogP contribution in [-0.2, 0) is 19.6 Å². The van der Waals surface area contributed by atoms with Gasteiger partial charge in [0.2, 0.25) is 0 Å². The van der Waals surface area contributed by atoms with Gasteiger partial charge in [-0.15, -0.1) is 11.3 Å². The number of benzene rings is 2. The van der Waals surface area contributed by atoms with Crippen LogP contribution < -0.4 is 4.74 Å². The Kier molecular flexibility index (Phi) is 6.99. The molecular formula is C25H27FN2O2S. The van der Waals surface area contributed by atoms with Crippen molar-refractivity contribution >= 4 is 17.2 Å². The molecule has 2 heterocycles. The Labute approximate surface area is 186 Å². The minimum Gasteiger partial charge on any atom is -0.489 e. The number of aryl methyl sites for hydroxylation is 1. The van der Waals surface area contributed by atoms with E-state index < -0.39 is 0 Å². The van der Waals surface area contributed by atoms with E-state index in [1.165, 1.54) is 23.0 Å². The van der Waals surface area contributed by atoms with Crippen molar-refractivity contribution in [2.45, 2.75) is 26.5 Å². The molecule has 1 saturated heterocycles. The molecule has 0 atom stereocenters. The number of hydrogen-bond donors (Lipinski definition) is 0. The molecule has 4 rings (SSSR count). The lowest BCUT2D eigenvalue weighted by atomic mass is 10.2. The molecule has 1 aliphatic rings. The number of thiophene rings is 1. The minimum absolute atomic E-state index is 0.0777. The lowest BCUT2D eigenvalue weighted by Gasteiger charge is -2.34. The number of piperazine rings is 1. The first-order valence-corrected chi connectivity index (χ1v) is 11.5. The van der Waals surface area contributed by atoms with E-state index in [9.17, 15) is 9.18 Å². The summed E-state index contributed by atoms with van der Waals surface area (Å²) in [6.07, 6.45) is 1.01. The average Bonchev–Trinajstić information content (AvgIpc) is 3.27. The molecular weight excluding hydrogens is 411 g/mol. The monoisotopic (exact) mass is 438 g/mol. The van der Waals surface area contributed by atoms with Gasteiger partial charge in [0.25, 0.3) is 5.91 Å². The summed E-state index contributed by atoms with van der Waals surface area (Å²) in [5.74, 6) is 0.710. The molecule has 4 nitrogen and oxygen atoms in total. The molecule has 0 spiro atoms. The normalized spacial score (nSPS) is 14.6. The van der Waals surface area contributed by atoms with Gasteiger partial charge in [-0.05, 0) is 53.3 Å². The van der Waals surface area contributed by atoms with E-state index in [1.54, 1.807) is 12.1 Å². The largest absolute Gasteiger partial charge is 0.489 e. The highest BCUT2D eigenvalue weighted by Gasteiger charge is 2.23. The molecule has 0 radical (unpaired) electrons. The highest BCUT2D eigenvalue weighted by Crippen LogP contribution is 2.21. The van der Waals surface area contributed by atoms with Crippen LogP contribution in [0, 0.1) is 5.82 Å². The molecule has 162 valence electrons. The fourth-order valence-electron chi connectivity index (χ4n) is 3.71. The number of carbonyl (C=O) groups excluding carboxylic acids is 1. The van der Waals surface area contributed by atoms with Crippen molar-refractivity contribution in [3.05, 3.63) is 87.4 Å². The highest BCUT2D eigenvalue weighted by atomic mass is 32.1. The molecule has 0 unspecified atom stereocenters. The number of rotatable bonds is 7. The molecule has 0 N–H and O–H groups in total. The maximum absolute atomic E-state index is 13.4. The number of halogens is 1. The Bertz CT molecular complexity index is 1010. The van der Waals surface area contributed by atoms with E-state index in [4.69, 9.17) is 4.74 Å². The van der Waals surface area contributed by atoms with Gasteiger partial charge in [0.15, 0.2) is 0 Å². The van der Waals surface area contributed by atoms with Crippen molar-refractivity contribution in [2.75, 3.05) is 26.2 Å². The Morgan fingerprint density at radius 3 is 2.48 bits per heavy atom. The zero-order chi connectivity index (χ0) is 21.6. The van der Waals surface area contributed by atoms with E-state index >= 15 is 0 Å². The summed E-state index contributed by atoms with van der Waals surface area (Å²) in [6, 6.07) is 16.8. The standard InChI is InChI=1S/C25H27FN2O2S/c1-2-19-6-8-23(9-7-19)30-17-21-15-24(31-18-21)25(29)28-12-10-27(11-13-28)16-20-4-3-5-22(26)14-20/h3-9,14-15,18H,2,10-13,16-17H2,1H3. The van der Waals surface area contributed by atoms with Gasteiger partial charge in [0.1, 0.15) is 18.2 Å². The molecule has 6 heteroatoms. The van der Waals surface area contributed by atoms with E-state index in [2.05, 4.69) is 24.0 Å². The van der Waals surface area contributed by atoms with E-state index in [1.807, 2.05) is 34.5 Å². The lowest BCUT2D eigenvalue weighted by molar-refractivity contribution is 0.0633. The third-order valence-electron chi connectivity index (χ3n) is 5.56. The number of hydrogen-bond acceptors (Lipinski definition) is 4. The summed E-state index contributed by atoms with van der Waals surface area (Å²) in [4.78, 5) is 17.8. The fourth-order valence-corrected chi connectivity index (χ4v) is 4.57. The summed E-state index contributed by atoms with van der Waals surface area (Å²) >= 11 is 1.47. The van der Waals surface area contributed by atoms with Gasteiger partial charge in [-0.1, -0.05) is 31.2 Å². The second-order valence-corrected chi connectivity index (χ2v) is 8.71. The van der Waals surface area contributed by atoms with Crippen molar-refractivity contribution < 1.29 is 13.9 Å². The zero-order valence-electron chi connectivity index (χ0n) is 17.7. The third-order valence-corrected chi connectivity index (χ3v) is 6.52. The first-order valence-electron chi connectivity index (χ1n) is 10.7. The Hall–Kier alpha value is -2.70. The summed E-state index contributed by atoms with van der Waals surface area (Å²) in [5.41, 5.74) is 3.26. The molecule has 1 aromatic heterocycles. The van der Waals surface area contributed by atoms with Crippen molar-refractivity contribution in [3.8, 4) is 5.75 Å². The Balaban J connectivity index is 1.26. The molecule has 0 saturated carbocycles. The number of ether oxygens (including phenoxy) is 1. The summed E-state index contributed by atoms with van der Waals surface area (Å²) in [5, 5.41) is 1.99. The smallest absolute Gasteiger partial charge is 0.264 e. The van der Waals surface area contributed by atoms with Gasteiger partial charge in [-0.25, -0.2) is 4.39 Å². The van der Waals surface area contributed by atoms with E-state index in [0.717, 1.165) is 41.3 Å². The molecule has 0 bridgehead atoms. The van der Waals surface area contributed by atoms with Crippen LogP contribution in [0.25, 0.3) is 0 Å². The molecule has 1 fully saturated rings. The highest BCUT2D eigenvalue weighted by molar-refractivity contribution is 7.12. The lowest BCUT2D eigenvalue weighted by Crippen LogP contribution is -2.48. The summed E-state index contributed by atoms with van der Waals surface area (Å²) in [6.45, 7) is 6.23. The molecule has 1 amide bonds. The second-order valence-electron chi connectivity index (χ2n) is 7.80.